The Labute approximate surface area is 161 Å². The summed E-state index contributed by atoms with van der Waals surface area (Å²) in [7, 11) is 1.36. The van der Waals surface area contributed by atoms with Gasteiger partial charge in [-0.15, -0.1) is 0 Å². The lowest BCUT2D eigenvalue weighted by molar-refractivity contribution is -0.141. The van der Waals surface area contributed by atoms with E-state index in [1.54, 1.807) is 0 Å². The van der Waals surface area contributed by atoms with Gasteiger partial charge in [0.15, 0.2) is 5.69 Å². The highest BCUT2D eigenvalue weighted by molar-refractivity contribution is 5.95. The average molecular weight is 395 g/mol. The molecule has 6 nitrogen and oxygen atoms in total. The second-order valence-corrected chi connectivity index (χ2v) is 6.92. The Hall–Kier alpha value is -2.39. The molecule has 0 unspecified atom stereocenters. The lowest BCUT2D eigenvalue weighted by Gasteiger charge is -2.34. The van der Waals surface area contributed by atoms with E-state index < -0.39 is 23.3 Å². The third-order valence-corrected chi connectivity index (χ3v) is 4.77. The summed E-state index contributed by atoms with van der Waals surface area (Å²) < 4.78 is 39.9. The van der Waals surface area contributed by atoms with E-state index in [4.69, 9.17) is 0 Å². The van der Waals surface area contributed by atoms with Crippen molar-refractivity contribution in [3.63, 3.8) is 0 Å². The van der Waals surface area contributed by atoms with E-state index in [2.05, 4.69) is 32.3 Å². The third-order valence-electron chi connectivity index (χ3n) is 4.77. The van der Waals surface area contributed by atoms with Crippen LogP contribution >= 0.6 is 0 Å². The van der Waals surface area contributed by atoms with Crippen molar-refractivity contribution in [3.8, 4) is 0 Å². The van der Waals surface area contributed by atoms with Gasteiger partial charge in [-0.1, -0.05) is 30.3 Å². The van der Waals surface area contributed by atoms with Gasteiger partial charge >= 0.3 is 6.18 Å². The minimum Gasteiger partial charge on any atom is -0.351 e. The number of aryl methyl sites for hydroxylation is 1. The second-order valence-electron chi connectivity index (χ2n) is 6.92. The van der Waals surface area contributed by atoms with Gasteiger partial charge in [-0.25, -0.2) is 0 Å². The van der Waals surface area contributed by atoms with Gasteiger partial charge in [0.1, 0.15) is 0 Å². The molecule has 0 radical (unpaired) electrons. The van der Waals surface area contributed by atoms with E-state index in [0.717, 1.165) is 43.6 Å². The third kappa shape index (κ3) is 5.32. The number of piperazine rings is 1. The zero-order valence-corrected chi connectivity index (χ0v) is 15.7. The summed E-state index contributed by atoms with van der Waals surface area (Å²) >= 11 is 0. The molecule has 28 heavy (non-hydrogen) atoms. The van der Waals surface area contributed by atoms with E-state index in [1.807, 2.05) is 18.2 Å². The van der Waals surface area contributed by atoms with E-state index in [1.165, 1.54) is 12.6 Å². The highest BCUT2D eigenvalue weighted by Crippen LogP contribution is 2.30. The van der Waals surface area contributed by atoms with E-state index in [9.17, 15) is 18.0 Å². The molecule has 9 heteroatoms. The molecule has 1 aliphatic rings. The van der Waals surface area contributed by atoms with E-state index in [0.29, 0.717) is 13.1 Å². The summed E-state index contributed by atoms with van der Waals surface area (Å²) in [6, 6.07) is 10.3. The first-order valence-electron chi connectivity index (χ1n) is 9.20. The topological polar surface area (TPSA) is 53.4 Å². The first kappa shape index (κ1) is 20.3. The maximum atomic E-state index is 13.0. The predicted octanol–water partition coefficient (Wildman–Crippen LogP) is 1.99. The Bertz CT molecular complexity index is 783. The van der Waals surface area contributed by atoms with Crippen LogP contribution in [0.15, 0.2) is 36.5 Å². The van der Waals surface area contributed by atoms with Crippen molar-refractivity contribution in [2.75, 3.05) is 39.3 Å². The van der Waals surface area contributed by atoms with Crippen LogP contribution in [-0.4, -0.2) is 64.8 Å². The Morgan fingerprint density at radius 1 is 1.11 bits per heavy atom. The highest BCUT2D eigenvalue weighted by Gasteiger charge is 2.38. The van der Waals surface area contributed by atoms with Gasteiger partial charge in [-0.3, -0.25) is 19.3 Å². The van der Waals surface area contributed by atoms with Gasteiger partial charge in [-0.05, 0) is 5.56 Å². The smallest absolute Gasteiger partial charge is 0.351 e. The zero-order valence-electron chi connectivity index (χ0n) is 15.7. The summed E-state index contributed by atoms with van der Waals surface area (Å²) in [6.45, 7) is 5.38. The molecule has 3 rings (SSSR count). The van der Waals surface area contributed by atoms with Crippen LogP contribution in [0.3, 0.4) is 0 Å². The molecule has 0 aliphatic carbocycles. The fourth-order valence-electron chi connectivity index (χ4n) is 3.30. The van der Waals surface area contributed by atoms with Crippen molar-refractivity contribution in [1.29, 1.82) is 0 Å². The number of amides is 1. The first-order chi connectivity index (χ1) is 13.3. The molecule has 1 fully saturated rings. The number of nitrogens with one attached hydrogen (secondary N) is 1. The number of carbonyl (C=O) groups excluding carboxylic acids is 1. The monoisotopic (exact) mass is 395 g/mol. The number of nitrogens with zero attached hydrogens (tertiary/aromatic N) is 4. The average Bonchev–Trinajstić information content (AvgIpc) is 3.06. The molecule has 0 saturated carbocycles. The molecule has 1 aliphatic heterocycles. The van der Waals surface area contributed by atoms with Crippen molar-refractivity contribution in [1.82, 2.24) is 24.9 Å². The summed E-state index contributed by atoms with van der Waals surface area (Å²) in [5.41, 5.74) is -0.315. The number of rotatable bonds is 6. The van der Waals surface area contributed by atoms with Crippen LogP contribution in [0.25, 0.3) is 0 Å². The van der Waals surface area contributed by atoms with Gasteiger partial charge in [0.25, 0.3) is 5.91 Å². The molecule has 1 saturated heterocycles. The Kier molecular flexibility index (Phi) is 6.35. The molecule has 152 valence electrons. The first-order valence-corrected chi connectivity index (χ1v) is 9.20. The number of halogens is 3. The number of hydrogen-bond donors (Lipinski definition) is 1. The van der Waals surface area contributed by atoms with Gasteiger partial charge < -0.3 is 5.32 Å². The number of alkyl halides is 3. The van der Waals surface area contributed by atoms with Crippen molar-refractivity contribution >= 4 is 5.91 Å². The SMILES string of the molecule is Cn1cc(C(=O)NCCN2CCN(Cc3ccccc3)CC2)c(C(F)(F)F)n1. The highest BCUT2D eigenvalue weighted by atomic mass is 19.4. The summed E-state index contributed by atoms with van der Waals surface area (Å²) in [6.07, 6.45) is -3.55. The van der Waals surface area contributed by atoms with Crippen LogP contribution in [0.2, 0.25) is 0 Å². The van der Waals surface area contributed by atoms with Crippen LogP contribution in [0.5, 0.6) is 0 Å². The molecular formula is C19H24F3N5O. The van der Waals surface area contributed by atoms with Crippen LogP contribution in [-0.2, 0) is 19.8 Å². The Balaban J connectivity index is 1.42. The van der Waals surface area contributed by atoms with Crippen LogP contribution < -0.4 is 5.32 Å². The van der Waals surface area contributed by atoms with Crippen LogP contribution in [0.4, 0.5) is 13.2 Å². The molecule has 0 atom stereocenters. The molecule has 0 spiro atoms. The fourth-order valence-corrected chi connectivity index (χ4v) is 3.30. The summed E-state index contributed by atoms with van der Waals surface area (Å²) in [5, 5.41) is 5.93. The molecule has 2 aromatic rings. The van der Waals surface area contributed by atoms with E-state index in [-0.39, 0.29) is 0 Å². The maximum Gasteiger partial charge on any atom is 0.435 e. The van der Waals surface area contributed by atoms with Gasteiger partial charge in [0.2, 0.25) is 0 Å². The molecular weight excluding hydrogens is 371 g/mol. The molecule has 2 heterocycles. The number of benzene rings is 1. The maximum absolute atomic E-state index is 13.0. The van der Waals surface area contributed by atoms with E-state index >= 15 is 0 Å². The molecule has 1 aromatic carbocycles. The second kappa shape index (κ2) is 8.74. The number of aromatic nitrogens is 2. The Morgan fingerprint density at radius 2 is 1.75 bits per heavy atom. The quantitative estimate of drug-likeness (QED) is 0.813. The minimum atomic E-state index is -4.65. The Morgan fingerprint density at radius 3 is 2.39 bits per heavy atom. The van der Waals surface area contributed by atoms with Gasteiger partial charge in [-0.2, -0.15) is 18.3 Å². The zero-order chi connectivity index (χ0) is 20.1. The lowest BCUT2D eigenvalue weighted by atomic mass is 10.2. The summed E-state index contributed by atoms with van der Waals surface area (Å²) in [4.78, 5) is 16.7. The lowest BCUT2D eigenvalue weighted by Crippen LogP contribution is -2.48. The standard InChI is InChI=1S/C19H24F3N5O/c1-25-14-16(17(24-25)19(20,21)22)18(28)23-7-8-26-9-11-27(12-10-26)13-15-5-3-2-4-6-15/h2-6,14H,7-13H2,1H3,(H,23,28). The van der Waals surface area contributed by atoms with Crippen LogP contribution in [0.1, 0.15) is 21.6 Å². The molecule has 0 bridgehead atoms. The van der Waals surface area contributed by atoms with Crippen molar-refractivity contribution in [2.45, 2.75) is 12.7 Å². The van der Waals surface area contributed by atoms with Crippen molar-refractivity contribution in [3.05, 3.63) is 53.3 Å². The van der Waals surface area contributed by atoms with Gasteiger partial charge in [0, 0.05) is 59.1 Å². The largest absolute Gasteiger partial charge is 0.435 e. The molecule has 1 N–H and O–H groups in total. The summed E-state index contributed by atoms with van der Waals surface area (Å²) in [5.74, 6) is -0.747. The minimum absolute atomic E-state index is 0.295. The van der Waals surface area contributed by atoms with Crippen molar-refractivity contribution in [2.24, 2.45) is 7.05 Å². The van der Waals surface area contributed by atoms with Crippen LogP contribution in [0, 0.1) is 0 Å². The van der Waals surface area contributed by atoms with Gasteiger partial charge in [0.05, 0.1) is 5.56 Å². The number of carbonyl (C=O) groups is 1. The molecule has 1 aromatic heterocycles. The molecule has 1 amide bonds. The normalized spacial score (nSPS) is 16.3. The predicted molar refractivity (Wildman–Crippen MR) is 98.7 cm³/mol. The fraction of sp³-hybridized carbons (Fsp3) is 0.474. The van der Waals surface area contributed by atoms with Crippen molar-refractivity contribution < 1.29 is 18.0 Å². The number of hydrogen-bond acceptors (Lipinski definition) is 4.